The van der Waals surface area contributed by atoms with Crippen LogP contribution in [0.25, 0.3) is 0 Å². The Kier molecular flexibility index (Phi) is 6.83. The van der Waals surface area contributed by atoms with E-state index in [9.17, 15) is 10.2 Å². The fourth-order valence-corrected chi connectivity index (χ4v) is 3.68. The van der Waals surface area contributed by atoms with Gasteiger partial charge in [-0.25, -0.2) is 0 Å². The second-order valence-electron chi connectivity index (χ2n) is 7.47. The molecular formula is C23H29NO4. The first kappa shape index (κ1) is 20.5. The van der Waals surface area contributed by atoms with E-state index in [4.69, 9.17) is 9.57 Å². The molecule has 1 saturated heterocycles. The molecule has 28 heavy (non-hydrogen) atoms. The minimum Gasteiger partial charge on any atom is -0.399 e. The van der Waals surface area contributed by atoms with Gasteiger partial charge < -0.3 is 19.8 Å². The van der Waals surface area contributed by atoms with Crippen molar-refractivity contribution in [2.45, 2.75) is 51.4 Å². The van der Waals surface area contributed by atoms with Gasteiger partial charge in [-0.05, 0) is 48.1 Å². The third-order valence-corrected chi connectivity index (χ3v) is 5.32. The molecule has 1 aliphatic heterocycles. The highest BCUT2D eigenvalue weighted by Crippen LogP contribution is 2.32. The third kappa shape index (κ3) is 4.98. The normalized spacial score (nSPS) is 22.9. The van der Waals surface area contributed by atoms with E-state index in [0.717, 1.165) is 23.3 Å². The van der Waals surface area contributed by atoms with Crippen LogP contribution in [0.1, 0.15) is 53.7 Å². The van der Waals surface area contributed by atoms with Gasteiger partial charge in [-0.1, -0.05) is 47.6 Å². The predicted octanol–water partition coefficient (Wildman–Crippen LogP) is 3.53. The zero-order valence-electron chi connectivity index (χ0n) is 16.8. The van der Waals surface area contributed by atoms with Crippen LogP contribution in [-0.4, -0.2) is 41.8 Å². The van der Waals surface area contributed by atoms with Crippen molar-refractivity contribution in [3.05, 3.63) is 70.3 Å². The zero-order chi connectivity index (χ0) is 20.1. The first-order valence-electron chi connectivity index (χ1n) is 9.71. The second kappa shape index (κ2) is 9.32. The number of hydrogen-bond acceptors (Lipinski definition) is 5. The van der Waals surface area contributed by atoms with Crippen LogP contribution in [0.4, 0.5) is 0 Å². The molecule has 3 atom stereocenters. The molecule has 0 saturated carbocycles. The fraction of sp³-hybridized carbons (Fsp3) is 0.435. The van der Waals surface area contributed by atoms with E-state index in [1.54, 1.807) is 7.11 Å². The molecular weight excluding hydrogens is 354 g/mol. The van der Waals surface area contributed by atoms with Gasteiger partial charge in [-0.2, -0.15) is 0 Å². The van der Waals surface area contributed by atoms with Gasteiger partial charge in [0.05, 0.1) is 30.6 Å². The van der Waals surface area contributed by atoms with E-state index in [1.165, 1.54) is 16.7 Å². The summed E-state index contributed by atoms with van der Waals surface area (Å²) in [4.78, 5) is 4.84. The first-order valence-corrected chi connectivity index (χ1v) is 9.71. The summed E-state index contributed by atoms with van der Waals surface area (Å²) < 4.78 is 5.97. The van der Waals surface area contributed by atoms with E-state index < -0.39 is 6.10 Å². The minimum atomic E-state index is -0.440. The first-order chi connectivity index (χ1) is 13.5. The van der Waals surface area contributed by atoms with Crippen LogP contribution in [0.5, 0.6) is 0 Å². The minimum absolute atomic E-state index is 0.0651. The number of rotatable bonds is 6. The van der Waals surface area contributed by atoms with Crippen molar-refractivity contribution in [2.75, 3.05) is 13.7 Å². The molecule has 0 radical (unpaired) electrons. The molecule has 0 aromatic heterocycles. The Hall–Kier alpha value is -2.21. The molecule has 1 fully saturated rings. The number of benzene rings is 2. The second-order valence-corrected chi connectivity index (χ2v) is 7.47. The molecule has 0 bridgehead atoms. The molecule has 5 heteroatoms. The van der Waals surface area contributed by atoms with Crippen molar-refractivity contribution in [3.63, 3.8) is 0 Å². The predicted molar refractivity (Wildman–Crippen MR) is 110 cm³/mol. The van der Waals surface area contributed by atoms with Crippen LogP contribution < -0.4 is 0 Å². The lowest BCUT2D eigenvalue weighted by molar-refractivity contribution is -0.113. The quantitative estimate of drug-likeness (QED) is 0.591. The van der Waals surface area contributed by atoms with Gasteiger partial charge in [0, 0.05) is 12.8 Å². The van der Waals surface area contributed by atoms with Crippen LogP contribution in [0.3, 0.4) is 0 Å². The van der Waals surface area contributed by atoms with Gasteiger partial charge in [0.15, 0.2) is 0 Å². The Bertz CT molecular complexity index is 816. The van der Waals surface area contributed by atoms with Crippen molar-refractivity contribution in [2.24, 2.45) is 5.16 Å². The molecule has 2 N–H and O–H groups in total. The molecule has 5 nitrogen and oxygen atoms in total. The lowest BCUT2D eigenvalue weighted by Crippen LogP contribution is -2.33. The number of aryl methyl sites for hydroxylation is 1. The van der Waals surface area contributed by atoms with E-state index in [1.807, 2.05) is 6.92 Å². The van der Waals surface area contributed by atoms with Crippen LogP contribution >= 0.6 is 0 Å². The summed E-state index contributed by atoms with van der Waals surface area (Å²) >= 11 is 0. The zero-order valence-corrected chi connectivity index (χ0v) is 16.8. The Morgan fingerprint density at radius 3 is 2.61 bits per heavy atom. The maximum Gasteiger partial charge on any atom is 0.106 e. The lowest BCUT2D eigenvalue weighted by Gasteiger charge is -2.32. The number of hydrogen-bond donors (Lipinski definition) is 2. The van der Waals surface area contributed by atoms with Crippen LogP contribution in [0.2, 0.25) is 0 Å². The summed E-state index contributed by atoms with van der Waals surface area (Å²) in [6, 6.07) is 14.7. The Morgan fingerprint density at radius 2 is 1.93 bits per heavy atom. The number of aliphatic hydroxyl groups is 2. The lowest BCUT2D eigenvalue weighted by atomic mass is 9.92. The molecule has 150 valence electrons. The number of aliphatic hydroxyl groups excluding tert-OH is 2. The smallest absolute Gasteiger partial charge is 0.106 e. The molecule has 1 aliphatic rings. The van der Waals surface area contributed by atoms with Crippen molar-refractivity contribution in [3.8, 4) is 0 Å². The van der Waals surface area contributed by atoms with E-state index in [-0.39, 0.29) is 18.8 Å². The topological polar surface area (TPSA) is 71.3 Å². The Morgan fingerprint density at radius 1 is 1.18 bits per heavy atom. The maximum absolute atomic E-state index is 10.1. The number of oxime groups is 1. The molecule has 3 rings (SSSR count). The van der Waals surface area contributed by atoms with E-state index in [2.05, 4.69) is 54.5 Å². The van der Waals surface area contributed by atoms with Gasteiger partial charge in [-0.15, -0.1) is 0 Å². The largest absolute Gasteiger partial charge is 0.399 e. The summed E-state index contributed by atoms with van der Waals surface area (Å²) in [5.41, 5.74) is 6.61. The van der Waals surface area contributed by atoms with E-state index in [0.29, 0.717) is 12.8 Å². The molecule has 0 spiro atoms. The monoisotopic (exact) mass is 383 g/mol. The van der Waals surface area contributed by atoms with E-state index >= 15 is 0 Å². The summed E-state index contributed by atoms with van der Waals surface area (Å²) in [6.07, 6.45) is 0.943. The Balaban J connectivity index is 1.77. The van der Waals surface area contributed by atoms with Crippen LogP contribution in [-0.2, 0) is 16.0 Å². The average Bonchev–Trinajstić information content (AvgIpc) is 2.70. The molecule has 2 aromatic carbocycles. The standard InChI is InChI=1S/C23H29NO4/c1-15-4-7-19(23-13-21(26)12-22(14-25)28-23)11-20(15)10-17-5-8-18(9-6-17)16(2)24-27-3/h4-9,11,21-23,25-26H,10,12-14H2,1-3H3/b24-16+. The summed E-state index contributed by atoms with van der Waals surface area (Å²) in [5.74, 6) is 0. The molecule has 3 unspecified atom stereocenters. The van der Waals surface area contributed by atoms with Gasteiger partial charge in [0.1, 0.15) is 7.11 Å². The highest BCUT2D eigenvalue weighted by molar-refractivity contribution is 5.98. The fourth-order valence-electron chi connectivity index (χ4n) is 3.68. The van der Waals surface area contributed by atoms with Crippen LogP contribution in [0.15, 0.2) is 47.6 Å². The van der Waals surface area contributed by atoms with Crippen molar-refractivity contribution in [1.82, 2.24) is 0 Å². The number of ether oxygens (including phenoxy) is 1. The molecule has 1 heterocycles. The average molecular weight is 383 g/mol. The highest BCUT2D eigenvalue weighted by Gasteiger charge is 2.29. The van der Waals surface area contributed by atoms with Crippen LogP contribution in [0, 0.1) is 6.92 Å². The number of nitrogens with zero attached hydrogens (tertiary/aromatic N) is 1. The summed E-state index contributed by atoms with van der Waals surface area (Å²) in [5, 5.41) is 23.5. The van der Waals surface area contributed by atoms with Crippen molar-refractivity contribution >= 4 is 5.71 Å². The van der Waals surface area contributed by atoms with Gasteiger partial charge in [0.2, 0.25) is 0 Å². The van der Waals surface area contributed by atoms with Gasteiger partial charge in [-0.3, -0.25) is 0 Å². The SMILES string of the molecule is CO/N=C(\C)c1ccc(Cc2cc(C3CC(O)CC(CO)O3)ccc2C)cc1. The summed E-state index contributed by atoms with van der Waals surface area (Å²) in [7, 11) is 1.55. The van der Waals surface area contributed by atoms with Gasteiger partial charge in [0.25, 0.3) is 0 Å². The highest BCUT2D eigenvalue weighted by atomic mass is 16.6. The molecule has 0 amide bonds. The van der Waals surface area contributed by atoms with Gasteiger partial charge >= 0.3 is 0 Å². The van der Waals surface area contributed by atoms with Crippen molar-refractivity contribution < 1.29 is 19.8 Å². The third-order valence-electron chi connectivity index (χ3n) is 5.32. The Labute approximate surface area is 166 Å². The van der Waals surface area contributed by atoms with Crippen molar-refractivity contribution in [1.29, 1.82) is 0 Å². The summed E-state index contributed by atoms with van der Waals surface area (Å²) in [6.45, 7) is 3.96. The molecule has 0 aliphatic carbocycles. The molecule has 2 aromatic rings. The maximum atomic E-state index is 10.1.